The minimum absolute atomic E-state index is 0.115. The van der Waals surface area contributed by atoms with Crippen molar-refractivity contribution < 1.29 is 18.0 Å². The summed E-state index contributed by atoms with van der Waals surface area (Å²) in [5.74, 6) is -1.01. The minimum Gasteiger partial charge on any atom is -0.348 e. The first-order valence-electron chi connectivity index (χ1n) is 9.45. The molecule has 1 aromatic heterocycles. The number of hydrogen-bond donors (Lipinski definition) is 2. The van der Waals surface area contributed by atoms with Crippen LogP contribution in [0, 0.1) is 5.92 Å². The molecule has 3 rings (SSSR count). The third-order valence-corrected chi connectivity index (χ3v) is 7.18. The summed E-state index contributed by atoms with van der Waals surface area (Å²) in [6.45, 7) is 1.18. The van der Waals surface area contributed by atoms with Crippen molar-refractivity contribution in [1.82, 2.24) is 19.9 Å². The second kappa shape index (κ2) is 8.79. The summed E-state index contributed by atoms with van der Waals surface area (Å²) < 4.78 is 26.6. The highest BCUT2D eigenvalue weighted by atomic mass is 32.2. The maximum atomic E-state index is 12.6. The van der Waals surface area contributed by atoms with E-state index in [0.29, 0.717) is 32.5 Å². The Kier molecular flexibility index (Phi) is 6.43. The fourth-order valence-corrected chi connectivity index (χ4v) is 5.08. The van der Waals surface area contributed by atoms with Crippen LogP contribution in [0.4, 0.5) is 0 Å². The van der Waals surface area contributed by atoms with Gasteiger partial charge in [0.2, 0.25) is 10.0 Å². The molecule has 0 spiro atoms. The lowest BCUT2D eigenvalue weighted by atomic mass is 9.98. The zero-order chi connectivity index (χ0) is 19.3. The first-order chi connectivity index (χ1) is 13.0. The molecule has 2 amide bonds. The van der Waals surface area contributed by atoms with Gasteiger partial charge in [-0.1, -0.05) is 12.8 Å². The molecule has 1 saturated carbocycles. The first-order valence-corrected chi connectivity index (χ1v) is 10.9. The number of piperidine rings is 1. The number of nitrogens with zero attached hydrogens (tertiary/aromatic N) is 2. The number of nitrogens with one attached hydrogen (secondary N) is 2. The largest absolute Gasteiger partial charge is 0.348 e. The molecule has 0 atom stereocenters. The van der Waals surface area contributed by atoms with Gasteiger partial charge in [-0.3, -0.25) is 14.6 Å². The molecule has 2 aliphatic rings. The normalized spacial score (nSPS) is 19.7. The summed E-state index contributed by atoms with van der Waals surface area (Å²) in [6, 6.07) is 3.26. The van der Waals surface area contributed by atoms with Crippen LogP contribution in [0.5, 0.6) is 0 Å². The maximum Gasteiger partial charge on any atom is 0.309 e. The number of sulfonamides is 1. The van der Waals surface area contributed by atoms with Gasteiger partial charge in [0.05, 0.1) is 0 Å². The Morgan fingerprint density at radius 3 is 2.44 bits per heavy atom. The Morgan fingerprint density at radius 2 is 1.81 bits per heavy atom. The van der Waals surface area contributed by atoms with Gasteiger partial charge >= 0.3 is 11.8 Å². The third kappa shape index (κ3) is 5.04. The summed E-state index contributed by atoms with van der Waals surface area (Å²) in [4.78, 5) is 27.9. The molecule has 9 heteroatoms. The smallest absolute Gasteiger partial charge is 0.309 e. The molecule has 0 bridgehead atoms. The molecule has 148 valence electrons. The number of carbonyl (C=O) groups excluding carboxylic acids is 2. The molecule has 1 aromatic rings. The number of rotatable bonds is 5. The summed E-state index contributed by atoms with van der Waals surface area (Å²) in [6.07, 6.45) is 8.22. The van der Waals surface area contributed by atoms with Crippen molar-refractivity contribution in [2.75, 3.05) is 19.6 Å². The van der Waals surface area contributed by atoms with E-state index in [1.807, 2.05) is 0 Å². The van der Waals surface area contributed by atoms with Crippen molar-refractivity contribution >= 4 is 21.8 Å². The van der Waals surface area contributed by atoms with Gasteiger partial charge in [-0.2, -0.15) is 4.31 Å². The van der Waals surface area contributed by atoms with Crippen molar-refractivity contribution in [3.05, 3.63) is 24.5 Å². The van der Waals surface area contributed by atoms with E-state index in [9.17, 15) is 18.0 Å². The topological polar surface area (TPSA) is 108 Å². The van der Waals surface area contributed by atoms with Gasteiger partial charge in [-0.15, -0.1) is 0 Å². The van der Waals surface area contributed by atoms with Gasteiger partial charge in [-0.25, -0.2) is 8.42 Å². The van der Waals surface area contributed by atoms with E-state index in [4.69, 9.17) is 0 Å². The van der Waals surface area contributed by atoms with Crippen molar-refractivity contribution in [3.8, 4) is 0 Å². The monoisotopic (exact) mass is 394 g/mol. The maximum absolute atomic E-state index is 12.6. The van der Waals surface area contributed by atoms with E-state index in [2.05, 4.69) is 15.6 Å². The molecule has 0 unspecified atom stereocenters. The summed E-state index contributed by atoms with van der Waals surface area (Å²) >= 11 is 0. The second-order valence-corrected chi connectivity index (χ2v) is 9.14. The number of amides is 2. The average molecular weight is 394 g/mol. The minimum atomic E-state index is -3.52. The lowest BCUT2D eigenvalue weighted by Gasteiger charge is -2.31. The van der Waals surface area contributed by atoms with Gasteiger partial charge in [0.25, 0.3) is 0 Å². The number of aromatic nitrogens is 1. The fraction of sp³-hybridized carbons (Fsp3) is 0.611. The first kappa shape index (κ1) is 19.8. The average Bonchev–Trinajstić information content (AvgIpc) is 3.20. The van der Waals surface area contributed by atoms with E-state index in [1.54, 1.807) is 6.07 Å². The molecule has 1 aliphatic heterocycles. The Hall–Kier alpha value is -2.00. The van der Waals surface area contributed by atoms with Crippen molar-refractivity contribution in [2.45, 2.75) is 49.5 Å². The van der Waals surface area contributed by atoms with Crippen LogP contribution in [0.3, 0.4) is 0 Å². The van der Waals surface area contributed by atoms with Crippen LogP contribution in [0.25, 0.3) is 0 Å². The van der Waals surface area contributed by atoms with Crippen molar-refractivity contribution in [3.63, 3.8) is 0 Å². The Labute approximate surface area is 159 Å². The predicted molar refractivity (Wildman–Crippen MR) is 99.1 cm³/mol. The van der Waals surface area contributed by atoms with Crippen molar-refractivity contribution in [1.29, 1.82) is 0 Å². The van der Waals surface area contributed by atoms with Crippen LogP contribution in [0.1, 0.15) is 38.5 Å². The summed E-state index contributed by atoms with van der Waals surface area (Å²) in [5.41, 5.74) is 0. The highest BCUT2D eigenvalue weighted by Crippen LogP contribution is 2.23. The van der Waals surface area contributed by atoms with Gasteiger partial charge in [0.1, 0.15) is 4.90 Å². The predicted octanol–water partition coefficient (Wildman–Crippen LogP) is 0.657. The van der Waals surface area contributed by atoms with Gasteiger partial charge in [-0.05, 0) is 43.7 Å². The molecule has 8 nitrogen and oxygen atoms in total. The SMILES string of the molecule is O=C(NCC1CCN(S(=O)(=O)c2cccnc2)CC1)C(=O)NC1CCCC1. The zero-order valence-electron chi connectivity index (χ0n) is 15.3. The zero-order valence-corrected chi connectivity index (χ0v) is 16.1. The quantitative estimate of drug-likeness (QED) is 0.713. The van der Waals surface area contributed by atoms with Gasteiger partial charge in [0.15, 0.2) is 0 Å². The molecule has 1 saturated heterocycles. The Morgan fingerprint density at radius 1 is 1.11 bits per heavy atom. The number of carbonyl (C=O) groups is 2. The van der Waals surface area contributed by atoms with Crippen LogP contribution >= 0.6 is 0 Å². The second-order valence-electron chi connectivity index (χ2n) is 7.20. The molecule has 0 aromatic carbocycles. The highest BCUT2D eigenvalue weighted by molar-refractivity contribution is 7.89. The standard InChI is InChI=1S/C18H26N4O4S/c23-17(18(24)21-15-4-1-2-5-15)20-12-14-7-10-22(11-8-14)27(25,26)16-6-3-9-19-13-16/h3,6,9,13-15H,1-2,4-5,7-8,10-12H2,(H,20,23)(H,21,24). The summed E-state index contributed by atoms with van der Waals surface area (Å²) in [5, 5.41) is 5.45. The van der Waals surface area contributed by atoms with Crippen molar-refractivity contribution in [2.24, 2.45) is 5.92 Å². The number of pyridine rings is 1. The summed E-state index contributed by atoms with van der Waals surface area (Å²) in [7, 11) is -3.52. The van der Waals surface area contributed by atoms with Gasteiger partial charge in [0, 0.05) is 38.1 Å². The highest BCUT2D eigenvalue weighted by Gasteiger charge is 2.30. The van der Waals surface area contributed by atoms with E-state index in [1.165, 1.54) is 22.8 Å². The molecular weight excluding hydrogens is 368 g/mol. The van der Waals surface area contributed by atoms with Crippen LogP contribution in [0.15, 0.2) is 29.4 Å². The van der Waals surface area contributed by atoms with E-state index >= 15 is 0 Å². The lowest BCUT2D eigenvalue weighted by molar-refractivity contribution is -0.139. The molecular formula is C18H26N4O4S. The van der Waals surface area contributed by atoms with Crippen LogP contribution in [0.2, 0.25) is 0 Å². The molecule has 2 N–H and O–H groups in total. The molecule has 27 heavy (non-hydrogen) atoms. The van der Waals surface area contributed by atoms with Crippen LogP contribution in [-0.4, -0.2) is 55.2 Å². The number of hydrogen-bond acceptors (Lipinski definition) is 5. The molecule has 1 aliphatic carbocycles. The molecule has 2 fully saturated rings. The van der Waals surface area contributed by atoms with Crippen LogP contribution < -0.4 is 10.6 Å². The fourth-order valence-electron chi connectivity index (χ4n) is 3.64. The van der Waals surface area contributed by atoms with E-state index < -0.39 is 21.8 Å². The van der Waals surface area contributed by atoms with Gasteiger partial charge < -0.3 is 10.6 Å². The Bertz CT molecular complexity index is 755. The Balaban J connectivity index is 1.43. The van der Waals surface area contributed by atoms with E-state index in [0.717, 1.165) is 25.7 Å². The lowest BCUT2D eigenvalue weighted by Crippen LogP contribution is -2.46. The van der Waals surface area contributed by atoms with Crippen LogP contribution in [-0.2, 0) is 19.6 Å². The van der Waals surface area contributed by atoms with E-state index in [-0.39, 0.29) is 16.9 Å². The third-order valence-electron chi connectivity index (χ3n) is 5.29. The molecule has 2 heterocycles. The molecule has 0 radical (unpaired) electrons.